The Morgan fingerprint density at radius 3 is 2.22 bits per heavy atom. The Kier molecular flexibility index (Phi) is 6.85. The number of carbonyl (C=O) groups excluding carboxylic acids is 3. The molecule has 3 aliphatic carbocycles. The van der Waals surface area contributed by atoms with Crippen LogP contribution in [0.1, 0.15) is 17.5 Å². The number of allylic oxidation sites excluding steroid dienone is 1. The molecule has 3 aliphatic rings. The molecule has 1 amide bonds. The Labute approximate surface area is 239 Å². The number of phenolic OH excluding ortho intramolecular Hbond substituents is 1. The van der Waals surface area contributed by atoms with E-state index >= 15 is 0 Å². The number of benzene rings is 2. The van der Waals surface area contributed by atoms with E-state index in [1.165, 1.54) is 0 Å². The Morgan fingerprint density at radius 2 is 1.63 bits per heavy atom. The van der Waals surface area contributed by atoms with Gasteiger partial charge >= 0.3 is 0 Å². The van der Waals surface area contributed by atoms with Crippen molar-refractivity contribution in [3.8, 4) is 16.9 Å². The van der Waals surface area contributed by atoms with E-state index in [-0.39, 0.29) is 22.6 Å². The molecule has 5 N–H and O–H groups in total. The molecule has 0 bridgehead atoms. The second kappa shape index (κ2) is 9.95. The number of aromatic hydroxyl groups is 1. The number of ketones is 2. The molecule has 5 rings (SSSR count). The Balaban J connectivity index is 1.71. The van der Waals surface area contributed by atoms with Gasteiger partial charge in [0.25, 0.3) is 5.91 Å². The molecule has 1 saturated carbocycles. The summed E-state index contributed by atoms with van der Waals surface area (Å²) in [7, 11) is 11.0. The highest BCUT2D eigenvalue weighted by Crippen LogP contribution is 2.53. The molecule has 0 saturated heterocycles. The number of fused-ring (bicyclic) bond motifs is 3. The van der Waals surface area contributed by atoms with Crippen molar-refractivity contribution >= 4 is 34.6 Å². The highest BCUT2D eigenvalue weighted by Gasteiger charge is 2.56. The summed E-state index contributed by atoms with van der Waals surface area (Å²) in [5, 5.41) is 34.2. The first-order chi connectivity index (χ1) is 19.3. The Bertz CT molecular complexity index is 1550. The summed E-state index contributed by atoms with van der Waals surface area (Å²) in [5.41, 5.74) is 8.74. The van der Waals surface area contributed by atoms with Crippen molar-refractivity contribution in [2.24, 2.45) is 23.5 Å². The van der Waals surface area contributed by atoms with Crippen LogP contribution in [0.4, 0.5) is 11.4 Å². The molecular formula is C31H36N4O6. The molecule has 41 heavy (non-hydrogen) atoms. The van der Waals surface area contributed by atoms with E-state index in [1.807, 2.05) is 68.3 Å². The van der Waals surface area contributed by atoms with E-state index in [2.05, 4.69) is 0 Å². The van der Waals surface area contributed by atoms with Gasteiger partial charge in [-0.25, -0.2) is 0 Å². The number of nitrogens with zero attached hydrogens (tertiary/aromatic N) is 3. The molecule has 0 spiro atoms. The minimum atomic E-state index is -1.29. The molecule has 2 aromatic carbocycles. The number of likely N-dealkylation sites (N-methyl/N-ethyl adjacent to an activating group) is 1. The third-order valence-electron chi connectivity index (χ3n) is 8.70. The van der Waals surface area contributed by atoms with E-state index in [1.54, 1.807) is 19.0 Å². The van der Waals surface area contributed by atoms with Crippen molar-refractivity contribution in [2.75, 3.05) is 52.1 Å². The fourth-order valence-corrected chi connectivity index (χ4v) is 6.88. The van der Waals surface area contributed by atoms with E-state index < -0.39 is 52.6 Å². The van der Waals surface area contributed by atoms with E-state index in [4.69, 9.17) is 5.73 Å². The molecular weight excluding hydrogens is 524 g/mol. The number of rotatable bonds is 5. The quantitative estimate of drug-likeness (QED) is 0.320. The lowest BCUT2D eigenvalue weighted by molar-refractivity contribution is -0.136. The van der Waals surface area contributed by atoms with Gasteiger partial charge in [0.2, 0.25) is 0 Å². The number of Topliss-reactive ketones (excluding diaryl/α,β-unsaturated/α-hetero) is 2. The maximum Gasteiger partial charge on any atom is 0.255 e. The van der Waals surface area contributed by atoms with Gasteiger partial charge in [-0.15, -0.1) is 0 Å². The molecule has 1 fully saturated rings. The van der Waals surface area contributed by atoms with Gasteiger partial charge in [0, 0.05) is 50.7 Å². The zero-order valence-electron chi connectivity index (χ0n) is 24.1. The van der Waals surface area contributed by atoms with Crippen LogP contribution >= 0.6 is 0 Å². The van der Waals surface area contributed by atoms with Crippen molar-refractivity contribution in [1.29, 1.82) is 0 Å². The van der Waals surface area contributed by atoms with Crippen molar-refractivity contribution in [2.45, 2.75) is 18.9 Å². The first-order valence-electron chi connectivity index (χ1n) is 13.5. The highest BCUT2D eigenvalue weighted by molar-refractivity contribution is 6.28. The maximum absolute atomic E-state index is 14.1. The SMILES string of the molecule is CN(C)c1cccc(-c2cc(N(C)C)c3c(c2O)C(O)=C2C(=O)C4C(=O)C(C(N)=O)=C(O)[C@H](N(C)C)[C@@H]4C[C@@H]2C3)c1. The largest absolute Gasteiger partial charge is 0.510 e. The van der Waals surface area contributed by atoms with Crippen molar-refractivity contribution in [1.82, 2.24) is 4.90 Å². The summed E-state index contributed by atoms with van der Waals surface area (Å²) >= 11 is 0. The van der Waals surface area contributed by atoms with Crippen LogP contribution in [0.3, 0.4) is 0 Å². The number of aliphatic hydroxyl groups excluding tert-OH is 2. The number of phenols is 1. The van der Waals surface area contributed by atoms with Gasteiger partial charge in [-0.3, -0.25) is 19.3 Å². The number of nitrogens with two attached hydrogens (primary N) is 1. The maximum atomic E-state index is 14.1. The van der Waals surface area contributed by atoms with Crippen LogP contribution in [0, 0.1) is 17.8 Å². The van der Waals surface area contributed by atoms with Crippen LogP contribution in [0.2, 0.25) is 0 Å². The van der Waals surface area contributed by atoms with E-state index in [0.717, 1.165) is 16.9 Å². The van der Waals surface area contributed by atoms with Gasteiger partial charge in [-0.2, -0.15) is 0 Å². The fraction of sp³-hybridized carbons (Fsp3) is 0.387. The van der Waals surface area contributed by atoms with Crippen molar-refractivity contribution < 1.29 is 29.7 Å². The summed E-state index contributed by atoms with van der Waals surface area (Å²) in [5.74, 6) is -5.86. The Morgan fingerprint density at radius 1 is 0.951 bits per heavy atom. The first-order valence-corrected chi connectivity index (χ1v) is 13.5. The van der Waals surface area contributed by atoms with Crippen LogP contribution in [-0.2, 0) is 20.8 Å². The molecule has 0 aromatic heterocycles. The zero-order valence-corrected chi connectivity index (χ0v) is 24.1. The van der Waals surface area contributed by atoms with Gasteiger partial charge in [0.15, 0.2) is 11.6 Å². The lowest BCUT2D eigenvalue weighted by Gasteiger charge is -2.46. The summed E-state index contributed by atoms with van der Waals surface area (Å²) in [6, 6.07) is 8.73. The average Bonchev–Trinajstić information content (AvgIpc) is 2.87. The van der Waals surface area contributed by atoms with Crippen molar-refractivity contribution in [3.05, 3.63) is 58.4 Å². The van der Waals surface area contributed by atoms with Gasteiger partial charge in [0.05, 0.1) is 17.5 Å². The molecule has 216 valence electrons. The van der Waals surface area contributed by atoms with Gasteiger partial charge < -0.3 is 30.9 Å². The smallest absolute Gasteiger partial charge is 0.255 e. The molecule has 0 aliphatic heterocycles. The molecule has 0 heterocycles. The lowest BCUT2D eigenvalue weighted by Crippen LogP contribution is -2.55. The standard InChI is InChI=1S/C31H36N4O6/c1-33(2)16-9-7-8-14(10-16)17-13-20(34(3)4)18-11-15-12-19-23(28(38)21(15)27(37)22(18)26(17)36)29(39)24(31(32)41)30(40)25(19)35(5)6/h7-10,13,15,19,23,25,36-37,40H,11-12H2,1-6H3,(H2,32,41)/t15-,19+,23?,25+/m0/s1. The molecule has 10 nitrogen and oxygen atoms in total. The van der Waals surface area contributed by atoms with Crippen LogP contribution in [0.5, 0.6) is 5.75 Å². The number of hydrogen-bond donors (Lipinski definition) is 4. The summed E-state index contributed by atoms with van der Waals surface area (Å²) < 4.78 is 0. The number of amides is 1. The number of anilines is 2. The lowest BCUT2D eigenvalue weighted by atomic mass is 9.59. The van der Waals surface area contributed by atoms with Crippen molar-refractivity contribution in [3.63, 3.8) is 0 Å². The van der Waals surface area contributed by atoms with Gasteiger partial charge in [0.1, 0.15) is 22.8 Å². The van der Waals surface area contributed by atoms with Crippen LogP contribution in [-0.4, -0.2) is 86.0 Å². The predicted molar refractivity (Wildman–Crippen MR) is 157 cm³/mol. The monoisotopic (exact) mass is 560 g/mol. The summed E-state index contributed by atoms with van der Waals surface area (Å²) in [4.78, 5) is 45.2. The molecule has 2 aromatic rings. The number of primary amides is 1. The molecule has 0 radical (unpaired) electrons. The van der Waals surface area contributed by atoms with Gasteiger partial charge in [-0.1, -0.05) is 12.1 Å². The second-order valence-corrected chi connectivity index (χ2v) is 11.8. The van der Waals surface area contributed by atoms with Gasteiger partial charge in [-0.05, 0) is 68.1 Å². The van der Waals surface area contributed by atoms with E-state index in [0.29, 0.717) is 24.0 Å². The van der Waals surface area contributed by atoms with Crippen LogP contribution in [0.25, 0.3) is 16.9 Å². The normalized spacial score (nSPS) is 23.8. The second-order valence-electron chi connectivity index (χ2n) is 11.8. The predicted octanol–water partition coefficient (Wildman–Crippen LogP) is 2.65. The van der Waals surface area contributed by atoms with Crippen LogP contribution in [0.15, 0.2) is 47.2 Å². The molecule has 1 unspecified atom stereocenters. The number of carbonyl (C=O) groups is 3. The minimum Gasteiger partial charge on any atom is -0.510 e. The number of hydrogen-bond acceptors (Lipinski definition) is 9. The summed E-state index contributed by atoms with van der Waals surface area (Å²) in [6.45, 7) is 0. The zero-order chi connectivity index (χ0) is 30.1. The third-order valence-corrected chi connectivity index (χ3v) is 8.70. The third kappa shape index (κ3) is 4.24. The first kappa shape index (κ1) is 28.2. The van der Waals surface area contributed by atoms with Crippen LogP contribution < -0.4 is 15.5 Å². The summed E-state index contributed by atoms with van der Waals surface area (Å²) in [6.07, 6.45) is 0.643. The minimum absolute atomic E-state index is 0.0639. The highest BCUT2D eigenvalue weighted by atomic mass is 16.3. The number of aliphatic hydroxyl groups is 2. The average molecular weight is 561 g/mol. The fourth-order valence-electron chi connectivity index (χ4n) is 6.88. The molecule has 10 heteroatoms. The topological polar surface area (TPSA) is 148 Å². The molecule has 4 atom stereocenters. The Hall–Kier alpha value is -4.31. The van der Waals surface area contributed by atoms with E-state index in [9.17, 15) is 29.7 Å².